The van der Waals surface area contributed by atoms with E-state index in [4.69, 9.17) is 5.11 Å². The van der Waals surface area contributed by atoms with Crippen molar-refractivity contribution in [1.82, 2.24) is 0 Å². The van der Waals surface area contributed by atoms with E-state index in [9.17, 15) is 4.79 Å². The van der Waals surface area contributed by atoms with E-state index in [1.165, 1.54) is 6.92 Å². The molecular formula is C13H27O2Sn. The third-order valence-corrected chi connectivity index (χ3v) is 13.8. The van der Waals surface area contributed by atoms with Gasteiger partial charge in [0.15, 0.2) is 0 Å². The maximum atomic E-state index is 9.60. The van der Waals surface area contributed by atoms with Crippen LogP contribution in [0, 0.1) is 0 Å². The topological polar surface area (TPSA) is 37.3 Å². The molecule has 2 nitrogen and oxygen atoms in total. The SMILES string of the molecule is C=C(C)C(=O)O.C[CH](C)[Sn]([CH](C)C)[CH](C)C. The van der Waals surface area contributed by atoms with Crippen LogP contribution in [0.4, 0.5) is 0 Å². The summed E-state index contributed by atoms with van der Waals surface area (Å²) in [7, 11) is 0. The Hall–Kier alpha value is 0.00870. The van der Waals surface area contributed by atoms with Gasteiger partial charge in [0.2, 0.25) is 0 Å². The van der Waals surface area contributed by atoms with Crippen molar-refractivity contribution >= 4 is 25.7 Å². The summed E-state index contributed by atoms with van der Waals surface area (Å²) < 4.78 is 3.09. The number of rotatable bonds is 4. The van der Waals surface area contributed by atoms with Gasteiger partial charge in [-0.05, 0) is 6.92 Å². The van der Waals surface area contributed by atoms with Gasteiger partial charge in [0.05, 0.1) is 0 Å². The Balaban J connectivity index is 0. The molecule has 0 aliphatic carbocycles. The van der Waals surface area contributed by atoms with Crippen molar-refractivity contribution in [2.45, 2.75) is 60.3 Å². The summed E-state index contributed by atoms with van der Waals surface area (Å²) in [6.45, 7) is 19.1. The number of aliphatic carboxylic acids is 1. The van der Waals surface area contributed by atoms with Crippen molar-refractivity contribution in [3.8, 4) is 0 Å². The Labute approximate surface area is 108 Å². The van der Waals surface area contributed by atoms with Crippen LogP contribution in [-0.2, 0) is 4.79 Å². The van der Waals surface area contributed by atoms with Crippen molar-refractivity contribution in [1.29, 1.82) is 0 Å². The van der Waals surface area contributed by atoms with E-state index < -0.39 is 25.7 Å². The molecule has 0 aromatic heterocycles. The van der Waals surface area contributed by atoms with Gasteiger partial charge in [-0.3, -0.25) is 0 Å². The quantitative estimate of drug-likeness (QED) is 0.613. The van der Waals surface area contributed by atoms with Crippen molar-refractivity contribution < 1.29 is 9.90 Å². The van der Waals surface area contributed by atoms with E-state index in [1.807, 2.05) is 0 Å². The second-order valence-electron chi connectivity index (χ2n) is 5.05. The van der Waals surface area contributed by atoms with Crippen molar-refractivity contribution in [3.05, 3.63) is 12.2 Å². The molecule has 0 heterocycles. The third-order valence-electron chi connectivity index (χ3n) is 2.37. The van der Waals surface area contributed by atoms with Crippen molar-refractivity contribution in [2.75, 3.05) is 0 Å². The van der Waals surface area contributed by atoms with E-state index >= 15 is 0 Å². The first kappa shape index (κ1) is 18.4. The fraction of sp³-hybridized carbons (Fsp3) is 0.769. The van der Waals surface area contributed by atoms with Gasteiger partial charge < -0.3 is 5.11 Å². The summed E-state index contributed by atoms with van der Waals surface area (Å²) in [5.74, 6) is -0.935. The van der Waals surface area contributed by atoms with E-state index in [-0.39, 0.29) is 5.57 Å². The molecule has 0 atom stereocenters. The molecule has 0 aromatic carbocycles. The van der Waals surface area contributed by atoms with E-state index in [1.54, 1.807) is 0 Å². The summed E-state index contributed by atoms with van der Waals surface area (Å²) >= 11 is -1.01. The Kier molecular flexibility index (Phi) is 10.4. The van der Waals surface area contributed by atoms with Gasteiger partial charge in [-0.1, -0.05) is 6.58 Å². The second kappa shape index (κ2) is 9.08. The molecule has 0 saturated carbocycles. The fourth-order valence-corrected chi connectivity index (χ4v) is 13.4. The Morgan fingerprint density at radius 3 is 1.19 bits per heavy atom. The van der Waals surface area contributed by atoms with Gasteiger partial charge in [0, 0.05) is 5.57 Å². The van der Waals surface area contributed by atoms with Crippen LogP contribution in [-0.4, -0.2) is 30.8 Å². The van der Waals surface area contributed by atoms with E-state index in [2.05, 4.69) is 48.1 Å². The molecule has 3 heteroatoms. The molecule has 0 fully saturated rings. The van der Waals surface area contributed by atoms with E-state index in [0.29, 0.717) is 0 Å². The maximum absolute atomic E-state index is 9.60. The van der Waals surface area contributed by atoms with Crippen LogP contribution in [0.15, 0.2) is 12.2 Å². The Morgan fingerprint density at radius 1 is 1.00 bits per heavy atom. The molecule has 1 N–H and O–H groups in total. The van der Waals surface area contributed by atoms with Crippen LogP contribution < -0.4 is 0 Å². The molecule has 0 aromatic rings. The first-order valence-corrected chi connectivity index (χ1v) is 10.8. The molecule has 0 unspecified atom stereocenters. The van der Waals surface area contributed by atoms with Gasteiger partial charge in [0.25, 0.3) is 0 Å². The average molecular weight is 334 g/mol. The molecule has 0 aliphatic rings. The Bertz CT molecular complexity index is 189. The van der Waals surface area contributed by atoms with Crippen molar-refractivity contribution in [3.63, 3.8) is 0 Å². The normalized spacial score (nSPS) is 10.7. The third kappa shape index (κ3) is 9.25. The van der Waals surface area contributed by atoms with Crippen LogP contribution in [0.1, 0.15) is 48.5 Å². The number of carboxylic acid groups (broad SMARTS) is 1. The molecule has 95 valence electrons. The molecule has 16 heavy (non-hydrogen) atoms. The number of carboxylic acids is 1. The predicted molar refractivity (Wildman–Crippen MR) is 73.5 cm³/mol. The summed E-state index contributed by atoms with van der Waals surface area (Å²) in [5, 5.41) is 7.89. The van der Waals surface area contributed by atoms with E-state index in [0.717, 1.165) is 11.8 Å². The zero-order valence-electron chi connectivity index (χ0n) is 11.8. The first-order valence-electron chi connectivity index (χ1n) is 5.86. The van der Waals surface area contributed by atoms with Gasteiger partial charge in [-0.2, -0.15) is 0 Å². The summed E-state index contributed by atoms with van der Waals surface area (Å²) in [4.78, 5) is 9.60. The minimum atomic E-state index is -1.01. The van der Waals surface area contributed by atoms with Gasteiger partial charge in [-0.15, -0.1) is 0 Å². The number of hydrogen-bond acceptors (Lipinski definition) is 1. The van der Waals surface area contributed by atoms with Crippen LogP contribution in [0.5, 0.6) is 0 Å². The first-order chi connectivity index (χ1) is 7.11. The van der Waals surface area contributed by atoms with Gasteiger partial charge in [-0.25, -0.2) is 4.79 Å². The number of carbonyl (C=O) groups is 1. The molecule has 0 saturated heterocycles. The molecule has 0 rings (SSSR count). The number of hydrogen-bond donors (Lipinski definition) is 1. The van der Waals surface area contributed by atoms with Crippen LogP contribution >= 0.6 is 0 Å². The Morgan fingerprint density at radius 2 is 1.19 bits per heavy atom. The zero-order valence-corrected chi connectivity index (χ0v) is 14.6. The van der Waals surface area contributed by atoms with Crippen LogP contribution in [0.25, 0.3) is 0 Å². The minimum absolute atomic E-state index is 0.176. The molecule has 0 bridgehead atoms. The van der Waals surface area contributed by atoms with Gasteiger partial charge in [0.1, 0.15) is 0 Å². The van der Waals surface area contributed by atoms with Crippen LogP contribution in [0.3, 0.4) is 0 Å². The molecule has 0 aliphatic heterocycles. The van der Waals surface area contributed by atoms with Gasteiger partial charge >= 0.3 is 79.1 Å². The summed E-state index contributed by atoms with van der Waals surface area (Å²) in [5.41, 5.74) is 0.176. The van der Waals surface area contributed by atoms with Crippen LogP contribution in [0.2, 0.25) is 11.8 Å². The zero-order chi connectivity index (χ0) is 13.5. The predicted octanol–water partition coefficient (Wildman–Crippen LogP) is 4.36. The fourth-order valence-electron chi connectivity index (χ4n) is 2.00. The molecule has 1 radical (unpaired) electrons. The standard InChI is InChI=1S/C4H6O2.3C3H7.Sn/c1-3(2)4(5)6;3*1-3-2;/h1H2,2H3,(H,5,6);3*3H,1-2H3;. The average Bonchev–Trinajstić information content (AvgIpc) is 2.01. The monoisotopic (exact) mass is 335 g/mol. The summed E-state index contributed by atoms with van der Waals surface area (Å²) in [6, 6.07) is 0. The molecular weight excluding hydrogens is 307 g/mol. The second-order valence-corrected chi connectivity index (χ2v) is 17.8. The molecule has 0 amide bonds. The summed E-state index contributed by atoms with van der Waals surface area (Å²) in [6.07, 6.45) is 0. The van der Waals surface area contributed by atoms with Crippen molar-refractivity contribution in [2.24, 2.45) is 0 Å². The molecule has 0 spiro atoms.